The fourth-order valence-corrected chi connectivity index (χ4v) is 2.52. The molecule has 94 valence electrons. The van der Waals surface area contributed by atoms with E-state index >= 15 is 0 Å². The summed E-state index contributed by atoms with van der Waals surface area (Å²) < 4.78 is 51.0. The Kier molecular flexibility index (Phi) is 3.12. The quantitative estimate of drug-likeness (QED) is 0.668. The highest BCUT2D eigenvalue weighted by atomic mass is 32.2. The van der Waals surface area contributed by atoms with Gasteiger partial charge in [0.15, 0.2) is 0 Å². The van der Waals surface area contributed by atoms with E-state index in [4.69, 9.17) is 5.73 Å². The summed E-state index contributed by atoms with van der Waals surface area (Å²) in [4.78, 5) is 0.285. The number of thioether (sulfide) groups is 1. The average molecular weight is 265 g/mol. The first-order valence-electron chi connectivity index (χ1n) is 5.04. The Balaban J connectivity index is 2.28. The highest BCUT2D eigenvalue weighted by molar-refractivity contribution is 7.99. The molecule has 1 atom stereocenters. The zero-order chi connectivity index (χ0) is 12.7. The lowest BCUT2D eigenvalue weighted by Gasteiger charge is -2.15. The van der Waals surface area contributed by atoms with Crippen LogP contribution in [0, 0.1) is 0 Å². The van der Waals surface area contributed by atoms with Gasteiger partial charge in [0.25, 0.3) is 11.7 Å². The molecule has 17 heavy (non-hydrogen) atoms. The van der Waals surface area contributed by atoms with Crippen LogP contribution >= 0.6 is 11.8 Å². The molecule has 0 heterocycles. The van der Waals surface area contributed by atoms with Crippen LogP contribution < -0.4 is 5.73 Å². The zero-order valence-electron chi connectivity index (χ0n) is 8.80. The predicted octanol–water partition coefficient (Wildman–Crippen LogP) is 3.24. The smallest absolute Gasteiger partial charge is 0.288 e. The van der Waals surface area contributed by atoms with Gasteiger partial charge >= 0.3 is 0 Å². The van der Waals surface area contributed by atoms with Crippen molar-refractivity contribution in [3.8, 4) is 0 Å². The van der Waals surface area contributed by atoms with E-state index in [1.165, 1.54) is 24.3 Å². The van der Waals surface area contributed by atoms with Crippen LogP contribution in [0.3, 0.4) is 0 Å². The maximum Gasteiger partial charge on any atom is 0.288 e. The molecular formula is C11H11F4NS. The van der Waals surface area contributed by atoms with Gasteiger partial charge in [-0.05, 0) is 17.7 Å². The molecular weight excluding hydrogens is 254 g/mol. The van der Waals surface area contributed by atoms with Crippen LogP contribution in [0.15, 0.2) is 29.2 Å². The van der Waals surface area contributed by atoms with Gasteiger partial charge in [0, 0.05) is 17.9 Å². The Morgan fingerprint density at radius 1 is 1.35 bits per heavy atom. The SMILES string of the molecule is NCC1(c2cccc(SC(F)F)c2)CC1(F)F. The largest absolute Gasteiger partial charge is 0.329 e. The van der Waals surface area contributed by atoms with Gasteiger partial charge in [0.05, 0.1) is 5.41 Å². The lowest BCUT2D eigenvalue weighted by atomic mass is 9.95. The number of halogens is 4. The lowest BCUT2D eigenvalue weighted by molar-refractivity contribution is 0.0896. The minimum atomic E-state index is -2.82. The minimum absolute atomic E-state index is 0.178. The topological polar surface area (TPSA) is 26.0 Å². The molecule has 2 rings (SSSR count). The van der Waals surface area contributed by atoms with Gasteiger partial charge < -0.3 is 5.73 Å². The molecule has 0 saturated heterocycles. The molecule has 1 saturated carbocycles. The summed E-state index contributed by atoms with van der Waals surface area (Å²) in [5.74, 6) is -5.38. The number of hydrogen-bond donors (Lipinski definition) is 1. The monoisotopic (exact) mass is 265 g/mol. The maximum atomic E-state index is 13.3. The number of hydrogen-bond acceptors (Lipinski definition) is 2. The van der Waals surface area contributed by atoms with Crippen LogP contribution in [0.1, 0.15) is 12.0 Å². The van der Waals surface area contributed by atoms with E-state index in [1.54, 1.807) is 0 Å². The minimum Gasteiger partial charge on any atom is -0.329 e. The Labute approximate surface area is 100 Å². The first-order valence-corrected chi connectivity index (χ1v) is 5.92. The van der Waals surface area contributed by atoms with E-state index in [1.807, 2.05) is 0 Å². The second-order valence-electron chi connectivity index (χ2n) is 4.07. The van der Waals surface area contributed by atoms with Crippen molar-refractivity contribution in [3.05, 3.63) is 29.8 Å². The molecule has 0 amide bonds. The van der Waals surface area contributed by atoms with Crippen molar-refractivity contribution in [3.63, 3.8) is 0 Å². The number of nitrogens with two attached hydrogens (primary N) is 1. The fourth-order valence-electron chi connectivity index (χ4n) is 1.96. The second-order valence-corrected chi connectivity index (χ2v) is 5.14. The van der Waals surface area contributed by atoms with E-state index in [9.17, 15) is 17.6 Å². The van der Waals surface area contributed by atoms with Gasteiger partial charge in [-0.15, -0.1) is 0 Å². The lowest BCUT2D eigenvalue weighted by Crippen LogP contribution is -2.26. The molecule has 1 nitrogen and oxygen atoms in total. The zero-order valence-corrected chi connectivity index (χ0v) is 9.61. The molecule has 1 unspecified atom stereocenters. The summed E-state index contributed by atoms with van der Waals surface area (Å²) in [6.07, 6.45) is -0.306. The van der Waals surface area contributed by atoms with Gasteiger partial charge in [-0.3, -0.25) is 0 Å². The van der Waals surface area contributed by atoms with Crippen LogP contribution in [0.2, 0.25) is 0 Å². The molecule has 0 aliphatic heterocycles. The summed E-state index contributed by atoms with van der Waals surface area (Å²) in [5, 5.41) is 0. The molecule has 1 fully saturated rings. The molecule has 2 N–H and O–H groups in total. The van der Waals surface area contributed by atoms with E-state index in [-0.39, 0.29) is 17.9 Å². The molecule has 0 radical (unpaired) electrons. The van der Waals surface area contributed by atoms with Crippen LogP contribution in [-0.4, -0.2) is 18.2 Å². The summed E-state index contributed by atoms with van der Waals surface area (Å²) in [5.41, 5.74) is 4.38. The third kappa shape index (κ3) is 2.15. The Bertz CT molecular complexity index is 424. The summed E-state index contributed by atoms with van der Waals surface area (Å²) in [6.45, 7) is -0.178. The molecule has 1 aromatic carbocycles. The molecule has 0 bridgehead atoms. The fraction of sp³-hybridized carbons (Fsp3) is 0.455. The van der Waals surface area contributed by atoms with E-state index < -0.39 is 17.1 Å². The number of benzene rings is 1. The highest BCUT2D eigenvalue weighted by Crippen LogP contribution is 2.61. The van der Waals surface area contributed by atoms with Crippen molar-refractivity contribution in [2.45, 2.75) is 28.4 Å². The van der Waals surface area contributed by atoms with Gasteiger partial charge in [0.1, 0.15) is 0 Å². The van der Waals surface area contributed by atoms with Crippen LogP contribution in [-0.2, 0) is 5.41 Å². The van der Waals surface area contributed by atoms with Crippen molar-refractivity contribution < 1.29 is 17.6 Å². The first kappa shape index (κ1) is 12.7. The molecule has 0 aromatic heterocycles. The van der Waals surface area contributed by atoms with Crippen molar-refractivity contribution in [1.82, 2.24) is 0 Å². The first-order chi connectivity index (χ1) is 7.91. The number of alkyl halides is 4. The summed E-state index contributed by atoms with van der Waals surface area (Å²) >= 11 is 0.348. The van der Waals surface area contributed by atoms with Crippen LogP contribution in [0.25, 0.3) is 0 Å². The number of rotatable bonds is 4. The summed E-state index contributed by atoms with van der Waals surface area (Å²) in [7, 11) is 0. The molecule has 6 heteroatoms. The van der Waals surface area contributed by atoms with Gasteiger partial charge in [-0.1, -0.05) is 23.9 Å². The van der Waals surface area contributed by atoms with Crippen molar-refractivity contribution in [2.24, 2.45) is 5.73 Å². The van der Waals surface area contributed by atoms with Crippen molar-refractivity contribution in [2.75, 3.05) is 6.54 Å². The molecule has 1 aliphatic rings. The maximum absolute atomic E-state index is 13.3. The Morgan fingerprint density at radius 2 is 2.00 bits per heavy atom. The van der Waals surface area contributed by atoms with Gasteiger partial charge in [-0.25, -0.2) is 8.78 Å². The van der Waals surface area contributed by atoms with Crippen molar-refractivity contribution in [1.29, 1.82) is 0 Å². The molecule has 1 aromatic rings. The third-order valence-electron chi connectivity index (χ3n) is 3.06. The summed E-state index contributed by atoms with van der Waals surface area (Å²) in [6, 6.07) is 5.88. The molecule has 1 aliphatic carbocycles. The van der Waals surface area contributed by atoms with E-state index in [2.05, 4.69) is 0 Å². The van der Waals surface area contributed by atoms with Crippen molar-refractivity contribution >= 4 is 11.8 Å². The average Bonchev–Trinajstić information content (AvgIpc) is 2.82. The van der Waals surface area contributed by atoms with E-state index in [0.29, 0.717) is 17.3 Å². The highest BCUT2D eigenvalue weighted by Gasteiger charge is 2.71. The normalized spacial score (nSPS) is 26.2. The van der Waals surface area contributed by atoms with Gasteiger partial charge in [-0.2, -0.15) is 8.78 Å². The Morgan fingerprint density at radius 3 is 2.47 bits per heavy atom. The van der Waals surface area contributed by atoms with Gasteiger partial charge in [0.2, 0.25) is 0 Å². The molecule has 0 spiro atoms. The van der Waals surface area contributed by atoms with Crippen LogP contribution in [0.4, 0.5) is 17.6 Å². The predicted molar refractivity (Wildman–Crippen MR) is 58.6 cm³/mol. The van der Waals surface area contributed by atoms with E-state index in [0.717, 1.165) is 0 Å². The third-order valence-corrected chi connectivity index (χ3v) is 3.76. The second kappa shape index (κ2) is 4.17. The Hall–Kier alpha value is -0.750. The van der Waals surface area contributed by atoms with Crippen LogP contribution in [0.5, 0.6) is 0 Å². The standard InChI is InChI=1S/C11H11F4NS/c12-9(13)17-8-3-1-2-7(4-8)10(6-16)5-11(10,14)15/h1-4,9H,5-6,16H2.